The number of rotatable bonds is 3. The van der Waals surface area contributed by atoms with Gasteiger partial charge in [-0.15, -0.1) is 0 Å². The molecule has 2 rings (SSSR count). The van der Waals surface area contributed by atoms with Gasteiger partial charge in [-0.25, -0.2) is 13.6 Å². The number of piperidine rings is 1. The highest BCUT2D eigenvalue weighted by atomic mass is 19.1. The van der Waals surface area contributed by atoms with Crippen LogP contribution in [0.4, 0.5) is 14.5 Å². The summed E-state index contributed by atoms with van der Waals surface area (Å²) < 4.78 is 27.8. The van der Waals surface area contributed by atoms with E-state index < -0.39 is 17.6 Å². The van der Waals surface area contributed by atoms with Crippen LogP contribution in [0.2, 0.25) is 0 Å². The molecular weight excluding hydrogens is 266 g/mol. The van der Waals surface area contributed by atoms with Crippen LogP contribution in [0.3, 0.4) is 0 Å². The number of carbonyl (C=O) groups is 1. The number of nitrogens with one attached hydrogen (secondary N) is 1. The van der Waals surface area contributed by atoms with Crippen molar-refractivity contribution in [1.29, 1.82) is 5.41 Å². The van der Waals surface area contributed by atoms with E-state index >= 15 is 0 Å². The Labute approximate surface area is 114 Å². The molecule has 0 unspecified atom stereocenters. The Bertz CT molecular complexity index is 575. The zero-order valence-corrected chi connectivity index (χ0v) is 10.7. The fraction of sp³-hybridized carbons (Fsp3) is 0.286. The first kappa shape index (κ1) is 14.2. The van der Waals surface area contributed by atoms with E-state index in [0.29, 0.717) is 31.6 Å². The van der Waals surface area contributed by atoms with Gasteiger partial charge in [0.15, 0.2) is 0 Å². The Kier molecular flexibility index (Phi) is 4.12. The molecule has 1 fully saturated rings. The third-order valence-corrected chi connectivity index (χ3v) is 3.18. The first-order chi connectivity index (χ1) is 9.47. The number of carboxylic acids is 1. The van der Waals surface area contributed by atoms with Gasteiger partial charge in [0.25, 0.3) is 0 Å². The second-order valence-corrected chi connectivity index (χ2v) is 4.59. The number of aliphatic carboxylic acids is 1. The van der Waals surface area contributed by atoms with Crippen molar-refractivity contribution >= 4 is 23.4 Å². The highest BCUT2D eigenvalue weighted by molar-refractivity contribution is 5.85. The van der Waals surface area contributed by atoms with Crippen LogP contribution >= 0.6 is 0 Å². The Morgan fingerprint density at radius 2 is 1.90 bits per heavy atom. The quantitative estimate of drug-likeness (QED) is 0.837. The van der Waals surface area contributed by atoms with Crippen molar-refractivity contribution < 1.29 is 18.7 Å². The second kappa shape index (κ2) is 5.81. The standard InChI is InChI=1S/C14H14F2N2O2/c15-11-8-13(18-5-3-10(17)4-6-18)12(16)7-9(11)1-2-14(19)20/h1-2,7-8,17H,3-6H2,(H,19,20)/b2-1+. The van der Waals surface area contributed by atoms with E-state index in [2.05, 4.69) is 0 Å². The van der Waals surface area contributed by atoms with Crippen molar-refractivity contribution in [3.8, 4) is 0 Å². The van der Waals surface area contributed by atoms with Crippen LogP contribution in [-0.4, -0.2) is 29.9 Å². The van der Waals surface area contributed by atoms with E-state index in [4.69, 9.17) is 10.5 Å². The van der Waals surface area contributed by atoms with Crippen molar-refractivity contribution in [3.63, 3.8) is 0 Å². The molecule has 0 radical (unpaired) electrons. The lowest BCUT2D eigenvalue weighted by molar-refractivity contribution is -0.131. The maximum absolute atomic E-state index is 14.0. The molecule has 0 aromatic heterocycles. The number of halogens is 2. The van der Waals surface area contributed by atoms with Crippen molar-refractivity contribution in [2.75, 3.05) is 18.0 Å². The first-order valence-electron chi connectivity index (χ1n) is 6.18. The Balaban J connectivity index is 2.26. The average Bonchev–Trinajstić information content (AvgIpc) is 2.40. The summed E-state index contributed by atoms with van der Waals surface area (Å²) in [5.74, 6) is -2.48. The summed E-state index contributed by atoms with van der Waals surface area (Å²) in [6.07, 6.45) is 2.87. The van der Waals surface area contributed by atoms with Crippen LogP contribution in [0.5, 0.6) is 0 Å². The first-order valence-corrected chi connectivity index (χ1v) is 6.18. The topological polar surface area (TPSA) is 64.4 Å². The lowest BCUT2D eigenvalue weighted by Crippen LogP contribution is -2.34. The van der Waals surface area contributed by atoms with Crippen molar-refractivity contribution in [1.82, 2.24) is 0 Å². The molecule has 1 heterocycles. The van der Waals surface area contributed by atoms with Gasteiger partial charge in [0.2, 0.25) is 0 Å². The molecule has 1 saturated heterocycles. The minimum absolute atomic E-state index is 0.0987. The normalized spacial score (nSPS) is 15.9. The minimum Gasteiger partial charge on any atom is -0.478 e. The molecule has 6 heteroatoms. The fourth-order valence-corrected chi connectivity index (χ4v) is 2.10. The molecule has 106 valence electrons. The van der Waals surface area contributed by atoms with Crippen molar-refractivity contribution in [3.05, 3.63) is 35.4 Å². The molecule has 0 aliphatic carbocycles. The fourth-order valence-electron chi connectivity index (χ4n) is 2.10. The third-order valence-electron chi connectivity index (χ3n) is 3.18. The Hall–Kier alpha value is -2.24. The summed E-state index contributed by atoms with van der Waals surface area (Å²) in [4.78, 5) is 12.1. The van der Waals surface area contributed by atoms with Crippen LogP contribution in [0.1, 0.15) is 18.4 Å². The number of benzene rings is 1. The van der Waals surface area contributed by atoms with E-state index in [0.717, 1.165) is 24.3 Å². The van der Waals surface area contributed by atoms with Crippen molar-refractivity contribution in [2.24, 2.45) is 0 Å². The maximum Gasteiger partial charge on any atom is 0.328 e. The van der Waals surface area contributed by atoms with Gasteiger partial charge in [-0.2, -0.15) is 0 Å². The molecule has 1 aromatic carbocycles. The SMILES string of the molecule is N=C1CCN(c2cc(F)c(/C=C/C(=O)O)cc2F)CC1. The van der Waals surface area contributed by atoms with Gasteiger partial charge in [0.05, 0.1) is 5.69 Å². The zero-order chi connectivity index (χ0) is 14.7. The number of carboxylic acid groups (broad SMARTS) is 1. The number of anilines is 1. The summed E-state index contributed by atoms with van der Waals surface area (Å²) in [6, 6.07) is 2.07. The molecule has 0 atom stereocenters. The summed E-state index contributed by atoms with van der Waals surface area (Å²) in [5, 5.41) is 16.0. The predicted molar refractivity (Wildman–Crippen MR) is 72.2 cm³/mol. The minimum atomic E-state index is -1.22. The molecule has 1 aliphatic heterocycles. The van der Waals surface area contributed by atoms with Gasteiger partial charge in [-0.3, -0.25) is 0 Å². The molecular formula is C14H14F2N2O2. The monoisotopic (exact) mass is 280 g/mol. The van der Waals surface area contributed by atoms with Gasteiger partial charge in [-0.05, 0) is 12.1 Å². The summed E-state index contributed by atoms with van der Waals surface area (Å²) in [6.45, 7) is 0.971. The Morgan fingerprint density at radius 3 is 2.50 bits per heavy atom. The van der Waals surface area contributed by atoms with Crippen LogP contribution in [-0.2, 0) is 4.79 Å². The van der Waals surface area contributed by atoms with Gasteiger partial charge in [0.1, 0.15) is 11.6 Å². The smallest absolute Gasteiger partial charge is 0.328 e. The maximum atomic E-state index is 14.0. The Morgan fingerprint density at radius 1 is 1.25 bits per heavy atom. The number of hydrogen-bond acceptors (Lipinski definition) is 3. The van der Waals surface area contributed by atoms with Crippen LogP contribution < -0.4 is 4.90 Å². The lowest BCUT2D eigenvalue weighted by atomic mass is 10.1. The van der Waals surface area contributed by atoms with E-state index in [9.17, 15) is 13.6 Å². The summed E-state index contributed by atoms with van der Waals surface area (Å²) in [5.41, 5.74) is 0.670. The molecule has 4 nitrogen and oxygen atoms in total. The zero-order valence-electron chi connectivity index (χ0n) is 10.7. The van der Waals surface area contributed by atoms with Crippen LogP contribution in [0.15, 0.2) is 18.2 Å². The molecule has 0 saturated carbocycles. The van der Waals surface area contributed by atoms with Gasteiger partial charge in [0, 0.05) is 49.3 Å². The predicted octanol–water partition coefficient (Wildman–Crippen LogP) is 2.68. The highest BCUT2D eigenvalue weighted by Crippen LogP contribution is 2.26. The summed E-state index contributed by atoms with van der Waals surface area (Å²) >= 11 is 0. The second-order valence-electron chi connectivity index (χ2n) is 4.59. The van der Waals surface area contributed by atoms with Gasteiger partial charge < -0.3 is 15.4 Å². The lowest BCUT2D eigenvalue weighted by Gasteiger charge is -2.29. The molecule has 0 bridgehead atoms. The summed E-state index contributed by atoms with van der Waals surface area (Å²) in [7, 11) is 0. The van der Waals surface area contributed by atoms with E-state index in [1.807, 2.05) is 0 Å². The van der Waals surface area contributed by atoms with Crippen LogP contribution in [0.25, 0.3) is 6.08 Å². The van der Waals surface area contributed by atoms with Gasteiger partial charge >= 0.3 is 5.97 Å². The third kappa shape index (κ3) is 3.20. The van der Waals surface area contributed by atoms with E-state index in [-0.39, 0.29) is 11.3 Å². The largest absolute Gasteiger partial charge is 0.478 e. The number of hydrogen-bond donors (Lipinski definition) is 2. The highest BCUT2D eigenvalue weighted by Gasteiger charge is 2.19. The number of nitrogens with zero attached hydrogens (tertiary/aromatic N) is 1. The molecule has 20 heavy (non-hydrogen) atoms. The molecule has 1 aromatic rings. The molecule has 2 N–H and O–H groups in total. The van der Waals surface area contributed by atoms with E-state index in [1.54, 1.807) is 4.90 Å². The average molecular weight is 280 g/mol. The van der Waals surface area contributed by atoms with Crippen LogP contribution in [0, 0.1) is 17.0 Å². The molecule has 1 aliphatic rings. The molecule has 0 spiro atoms. The van der Waals surface area contributed by atoms with E-state index in [1.165, 1.54) is 0 Å². The van der Waals surface area contributed by atoms with Crippen molar-refractivity contribution in [2.45, 2.75) is 12.8 Å². The molecule has 0 amide bonds. The van der Waals surface area contributed by atoms with Gasteiger partial charge in [-0.1, -0.05) is 0 Å².